The summed E-state index contributed by atoms with van der Waals surface area (Å²) < 4.78 is 10.2. The second kappa shape index (κ2) is 5.59. The highest BCUT2D eigenvalue weighted by Crippen LogP contribution is 2.22. The van der Waals surface area contributed by atoms with Crippen LogP contribution in [0.2, 0.25) is 0 Å². The normalized spacial score (nSPS) is 10.2. The second-order valence-electron chi connectivity index (χ2n) is 2.87. The van der Waals surface area contributed by atoms with Gasteiger partial charge in [0.15, 0.2) is 0 Å². The fourth-order valence-electron chi connectivity index (χ4n) is 1.37. The van der Waals surface area contributed by atoms with E-state index in [1.54, 1.807) is 14.2 Å². The molecule has 0 aliphatic carbocycles. The Morgan fingerprint density at radius 3 is 2.71 bits per heavy atom. The molecule has 4 nitrogen and oxygen atoms in total. The minimum atomic E-state index is 0.350. The summed E-state index contributed by atoms with van der Waals surface area (Å²) in [5.41, 5.74) is 4.05. The summed E-state index contributed by atoms with van der Waals surface area (Å²) in [7, 11) is 3.24. The Labute approximate surface area is 83.4 Å². The topological polar surface area (TPSA) is 50.7 Å². The molecule has 0 radical (unpaired) electrons. The van der Waals surface area contributed by atoms with Gasteiger partial charge in [0, 0.05) is 19.2 Å². The molecule has 0 aliphatic rings. The molecule has 0 amide bonds. The molecule has 0 unspecified atom stereocenters. The van der Waals surface area contributed by atoms with Crippen LogP contribution >= 0.6 is 0 Å². The van der Waals surface area contributed by atoms with Crippen LogP contribution in [-0.4, -0.2) is 19.4 Å². The molecule has 0 spiro atoms. The maximum absolute atomic E-state index is 8.69. The van der Waals surface area contributed by atoms with E-state index in [1.807, 2.05) is 18.2 Å². The number of rotatable bonds is 5. The van der Waals surface area contributed by atoms with E-state index in [9.17, 15) is 0 Å². The summed E-state index contributed by atoms with van der Waals surface area (Å²) in [4.78, 5) is 0. The van der Waals surface area contributed by atoms with E-state index in [2.05, 4.69) is 5.48 Å². The maximum Gasteiger partial charge on any atom is 0.123 e. The summed E-state index contributed by atoms with van der Waals surface area (Å²) >= 11 is 0. The van der Waals surface area contributed by atoms with Crippen molar-refractivity contribution in [2.75, 3.05) is 14.2 Å². The highest BCUT2D eigenvalue weighted by atomic mass is 16.5. The lowest BCUT2D eigenvalue weighted by atomic mass is 10.1. The molecule has 0 aromatic heterocycles. The molecular weight excluding hydrogens is 182 g/mol. The monoisotopic (exact) mass is 197 g/mol. The summed E-state index contributed by atoms with van der Waals surface area (Å²) in [6.07, 6.45) is 0. The zero-order valence-corrected chi connectivity index (χ0v) is 8.41. The Bertz CT molecular complexity index is 289. The number of hydrogen-bond donors (Lipinski definition) is 2. The molecular formula is C10H15NO3. The van der Waals surface area contributed by atoms with E-state index in [0.29, 0.717) is 13.2 Å². The summed E-state index contributed by atoms with van der Waals surface area (Å²) in [5.74, 6) is 0.751. The lowest BCUT2D eigenvalue weighted by molar-refractivity contribution is 0.156. The van der Waals surface area contributed by atoms with E-state index in [1.165, 1.54) is 0 Å². The van der Waals surface area contributed by atoms with Crippen LogP contribution in [0.1, 0.15) is 11.1 Å². The number of hydroxylamine groups is 1. The van der Waals surface area contributed by atoms with Gasteiger partial charge in [-0.15, -0.1) is 0 Å². The Balaban J connectivity index is 3.00. The molecule has 0 atom stereocenters. The van der Waals surface area contributed by atoms with Crippen LogP contribution in [0.4, 0.5) is 0 Å². The van der Waals surface area contributed by atoms with Crippen LogP contribution in [-0.2, 0) is 17.9 Å². The van der Waals surface area contributed by atoms with Crippen molar-refractivity contribution in [3.05, 3.63) is 29.3 Å². The van der Waals surface area contributed by atoms with Crippen molar-refractivity contribution in [3.8, 4) is 5.75 Å². The summed E-state index contributed by atoms with van der Waals surface area (Å²) in [6.45, 7) is 0.858. The molecule has 78 valence electrons. The predicted molar refractivity (Wildman–Crippen MR) is 52.3 cm³/mol. The van der Waals surface area contributed by atoms with E-state index in [-0.39, 0.29) is 0 Å². The van der Waals surface area contributed by atoms with Crippen molar-refractivity contribution in [2.24, 2.45) is 0 Å². The number of ether oxygens (including phenoxy) is 2. The van der Waals surface area contributed by atoms with Crippen LogP contribution in [0.25, 0.3) is 0 Å². The van der Waals surface area contributed by atoms with Gasteiger partial charge >= 0.3 is 0 Å². The Kier molecular flexibility index (Phi) is 4.39. The standard InChI is InChI=1S/C10H15NO3/c1-13-7-8-4-3-5-10(14-2)9(8)6-11-12/h3-5,11-12H,6-7H2,1-2H3. The largest absolute Gasteiger partial charge is 0.496 e. The molecule has 4 heteroatoms. The third-order valence-corrected chi connectivity index (χ3v) is 2.01. The SMILES string of the molecule is COCc1cccc(OC)c1CNO. The van der Waals surface area contributed by atoms with Gasteiger partial charge < -0.3 is 14.7 Å². The van der Waals surface area contributed by atoms with Gasteiger partial charge in [0.25, 0.3) is 0 Å². The molecule has 14 heavy (non-hydrogen) atoms. The molecule has 0 aliphatic heterocycles. The second-order valence-corrected chi connectivity index (χ2v) is 2.87. The van der Waals surface area contributed by atoms with Gasteiger partial charge in [-0.3, -0.25) is 0 Å². The van der Waals surface area contributed by atoms with Crippen LogP contribution in [0.5, 0.6) is 5.75 Å². The molecule has 0 saturated heterocycles. The Hall–Kier alpha value is -1.10. The third-order valence-electron chi connectivity index (χ3n) is 2.01. The molecule has 0 bridgehead atoms. The minimum Gasteiger partial charge on any atom is -0.496 e. The average Bonchev–Trinajstić information content (AvgIpc) is 2.21. The highest BCUT2D eigenvalue weighted by Gasteiger charge is 2.07. The lowest BCUT2D eigenvalue weighted by Gasteiger charge is -2.12. The molecule has 0 heterocycles. The van der Waals surface area contributed by atoms with E-state index < -0.39 is 0 Å². The van der Waals surface area contributed by atoms with Gasteiger partial charge in [-0.25, -0.2) is 5.48 Å². The highest BCUT2D eigenvalue weighted by molar-refractivity contribution is 5.39. The molecule has 1 aromatic carbocycles. The van der Waals surface area contributed by atoms with E-state index in [4.69, 9.17) is 14.7 Å². The zero-order chi connectivity index (χ0) is 10.4. The van der Waals surface area contributed by atoms with Gasteiger partial charge in [-0.1, -0.05) is 12.1 Å². The first kappa shape index (κ1) is 11.0. The molecule has 2 N–H and O–H groups in total. The average molecular weight is 197 g/mol. The Morgan fingerprint density at radius 2 is 2.14 bits per heavy atom. The van der Waals surface area contributed by atoms with Crippen molar-refractivity contribution in [2.45, 2.75) is 13.2 Å². The van der Waals surface area contributed by atoms with Crippen LogP contribution in [0.15, 0.2) is 18.2 Å². The van der Waals surface area contributed by atoms with Gasteiger partial charge in [-0.05, 0) is 11.6 Å². The number of hydrogen-bond acceptors (Lipinski definition) is 4. The van der Waals surface area contributed by atoms with Crippen molar-refractivity contribution in [1.82, 2.24) is 5.48 Å². The molecule has 0 fully saturated rings. The third kappa shape index (κ3) is 2.45. The fraction of sp³-hybridized carbons (Fsp3) is 0.400. The van der Waals surface area contributed by atoms with Gasteiger partial charge in [0.1, 0.15) is 5.75 Å². The van der Waals surface area contributed by atoms with Gasteiger partial charge in [-0.2, -0.15) is 0 Å². The summed E-state index contributed by atoms with van der Waals surface area (Å²) in [5, 5.41) is 8.69. The smallest absolute Gasteiger partial charge is 0.123 e. The van der Waals surface area contributed by atoms with E-state index in [0.717, 1.165) is 16.9 Å². The van der Waals surface area contributed by atoms with Crippen LogP contribution < -0.4 is 10.2 Å². The quantitative estimate of drug-likeness (QED) is 0.699. The van der Waals surface area contributed by atoms with Gasteiger partial charge in [0.2, 0.25) is 0 Å². The first-order valence-corrected chi connectivity index (χ1v) is 4.34. The molecule has 1 rings (SSSR count). The zero-order valence-electron chi connectivity index (χ0n) is 8.41. The van der Waals surface area contributed by atoms with Crippen LogP contribution in [0.3, 0.4) is 0 Å². The van der Waals surface area contributed by atoms with Crippen LogP contribution in [0, 0.1) is 0 Å². The first-order valence-electron chi connectivity index (χ1n) is 4.34. The number of benzene rings is 1. The van der Waals surface area contributed by atoms with Gasteiger partial charge in [0.05, 0.1) is 13.7 Å². The number of nitrogens with one attached hydrogen (secondary N) is 1. The van der Waals surface area contributed by atoms with Crippen molar-refractivity contribution in [1.29, 1.82) is 0 Å². The summed E-state index contributed by atoms with van der Waals surface area (Å²) in [6, 6.07) is 5.69. The van der Waals surface area contributed by atoms with Crippen molar-refractivity contribution < 1.29 is 14.7 Å². The number of methoxy groups -OCH3 is 2. The van der Waals surface area contributed by atoms with Crippen molar-refractivity contribution in [3.63, 3.8) is 0 Å². The molecule has 0 saturated carbocycles. The molecule has 1 aromatic rings. The minimum absolute atomic E-state index is 0.350. The predicted octanol–water partition coefficient (Wildman–Crippen LogP) is 1.32. The first-order chi connectivity index (χ1) is 6.83. The Morgan fingerprint density at radius 1 is 1.36 bits per heavy atom. The maximum atomic E-state index is 8.69. The lowest BCUT2D eigenvalue weighted by Crippen LogP contribution is -2.10. The van der Waals surface area contributed by atoms with Crippen molar-refractivity contribution >= 4 is 0 Å². The van der Waals surface area contributed by atoms with E-state index >= 15 is 0 Å². The fourth-order valence-corrected chi connectivity index (χ4v) is 1.37.